The van der Waals surface area contributed by atoms with Crippen LogP contribution in [-0.2, 0) is 11.2 Å². The normalized spacial score (nSPS) is 10.5. The van der Waals surface area contributed by atoms with Gasteiger partial charge in [-0.25, -0.2) is 0 Å². The third kappa shape index (κ3) is 5.04. The van der Waals surface area contributed by atoms with E-state index in [0.29, 0.717) is 29.6 Å². The maximum Gasteiger partial charge on any atom is 0.230 e. The number of nitrogens with one attached hydrogen (secondary N) is 1. The van der Waals surface area contributed by atoms with E-state index in [4.69, 9.17) is 9.47 Å². The molecule has 28 heavy (non-hydrogen) atoms. The van der Waals surface area contributed by atoms with Gasteiger partial charge in [0.15, 0.2) is 16.7 Å². The Morgan fingerprint density at radius 1 is 1.11 bits per heavy atom. The highest BCUT2D eigenvalue weighted by atomic mass is 32.2. The van der Waals surface area contributed by atoms with Crippen molar-refractivity contribution in [3.8, 4) is 17.2 Å². The number of ether oxygens (including phenoxy) is 2. The van der Waals surface area contributed by atoms with Gasteiger partial charge >= 0.3 is 0 Å². The van der Waals surface area contributed by atoms with Crippen LogP contribution in [0.25, 0.3) is 5.69 Å². The van der Waals surface area contributed by atoms with Gasteiger partial charge in [-0.1, -0.05) is 36.0 Å². The number of rotatable bonds is 9. The SMILES string of the molecule is COc1ccc(CCNC(=O)CSc2nncn2-c2ccccc2)cc1OC. The largest absolute Gasteiger partial charge is 0.493 e. The van der Waals surface area contributed by atoms with Crippen LogP contribution in [0.4, 0.5) is 0 Å². The van der Waals surface area contributed by atoms with E-state index < -0.39 is 0 Å². The van der Waals surface area contributed by atoms with Gasteiger partial charge in [0.1, 0.15) is 6.33 Å². The maximum atomic E-state index is 12.2. The number of nitrogens with zero attached hydrogens (tertiary/aromatic N) is 3. The first kappa shape index (κ1) is 19.8. The van der Waals surface area contributed by atoms with Gasteiger partial charge in [-0.2, -0.15) is 0 Å². The zero-order valence-corrected chi connectivity index (χ0v) is 16.6. The highest BCUT2D eigenvalue weighted by Crippen LogP contribution is 2.27. The number of aromatic nitrogens is 3. The lowest BCUT2D eigenvalue weighted by Gasteiger charge is -2.10. The molecular formula is C20H22N4O3S. The fraction of sp³-hybridized carbons (Fsp3) is 0.250. The van der Waals surface area contributed by atoms with Gasteiger partial charge in [-0.3, -0.25) is 9.36 Å². The van der Waals surface area contributed by atoms with Crippen LogP contribution in [0, 0.1) is 0 Å². The fourth-order valence-corrected chi connectivity index (χ4v) is 3.41. The molecule has 1 amide bonds. The van der Waals surface area contributed by atoms with E-state index in [1.807, 2.05) is 53.1 Å². The zero-order chi connectivity index (χ0) is 19.8. The molecule has 146 valence electrons. The summed E-state index contributed by atoms with van der Waals surface area (Å²) >= 11 is 1.35. The zero-order valence-electron chi connectivity index (χ0n) is 15.8. The molecular weight excluding hydrogens is 376 g/mol. The highest BCUT2D eigenvalue weighted by molar-refractivity contribution is 7.99. The number of carbonyl (C=O) groups is 1. The Kier molecular flexibility index (Phi) is 6.91. The van der Waals surface area contributed by atoms with E-state index in [1.54, 1.807) is 20.5 Å². The standard InChI is InChI=1S/C20H22N4O3S/c1-26-17-9-8-15(12-18(17)27-2)10-11-21-19(25)13-28-20-23-22-14-24(20)16-6-4-3-5-7-16/h3-9,12,14H,10-11,13H2,1-2H3,(H,21,25). The van der Waals surface area contributed by atoms with E-state index in [2.05, 4.69) is 15.5 Å². The van der Waals surface area contributed by atoms with Crippen molar-refractivity contribution in [1.82, 2.24) is 20.1 Å². The number of carbonyl (C=O) groups excluding carboxylic acids is 1. The lowest BCUT2D eigenvalue weighted by Crippen LogP contribution is -2.27. The number of para-hydroxylation sites is 1. The molecule has 0 aliphatic carbocycles. The summed E-state index contributed by atoms with van der Waals surface area (Å²) < 4.78 is 12.4. The quantitative estimate of drug-likeness (QED) is 0.559. The second-order valence-corrected chi connectivity index (χ2v) is 6.84. The van der Waals surface area contributed by atoms with Gasteiger partial charge in [0.2, 0.25) is 5.91 Å². The number of hydrogen-bond donors (Lipinski definition) is 1. The highest BCUT2D eigenvalue weighted by Gasteiger charge is 2.10. The van der Waals surface area contributed by atoms with Crippen molar-refractivity contribution in [3.05, 3.63) is 60.4 Å². The molecule has 0 unspecified atom stereocenters. The summed E-state index contributed by atoms with van der Waals surface area (Å²) in [5.74, 6) is 1.60. The van der Waals surface area contributed by atoms with Crippen molar-refractivity contribution in [2.45, 2.75) is 11.6 Å². The molecule has 0 saturated heterocycles. The van der Waals surface area contributed by atoms with Crippen molar-refractivity contribution in [1.29, 1.82) is 0 Å². The molecule has 0 saturated carbocycles. The third-order valence-corrected chi connectivity index (χ3v) is 5.01. The first-order valence-electron chi connectivity index (χ1n) is 8.77. The van der Waals surface area contributed by atoms with Crippen molar-refractivity contribution < 1.29 is 14.3 Å². The predicted molar refractivity (Wildman–Crippen MR) is 108 cm³/mol. The van der Waals surface area contributed by atoms with E-state index in [1.165, 1.54) is 11.8 Å². The molecule has 1 aromatic heterocycles. The lowest BCUT2D eigenvalue weighted by atomic mass is 10.1. The van der Waals surface area contributed by atoms with Crippen LogP contribution in [0.2, 0.25) is 0 Å². The van der Waals surface area contributed by atoms with Gasteiger partial charge < -0.3 is 14.8 Å². The van der Waals surface area contributed by atoms with Gasteiger partial charge in [0.25, 0.3) is 0 Å². The molecule has 0 bridgehead atoms. The molecule has 0 spiro atoms. The molecule has 3 aromatic rings. The summed E-state index contributed by atoms with van der Waals surface area (Å²) in [7, 11) is 3.21. The van der Waals surface area contributed by atoms with Gasteiger partial charge in [-0.15, -0.1) is 10.2 Å². The topological polar surface area (TPSA) is 78.3 Å². The van der Waals surface area contributed by atoms with Crippen LogP contribution in [0.5, 0.6) is 11.5 Å². The Labute approximate surface area is 168 Å². The number of methoxy groups -OCH3 is 2. The molecule has 1 N–H and O–H groups in total. The number of hydrogen-bond acceptors (Lipinski definition) is 6. The minimum atomic E-state index is -0.0481. The monoisotopic (exact) mass is 398 g/mol. The van der Waals surface area contributed by atoms with Crippen molar-refractivity contribution >= 4 is 17.7 Å². The number of benzene rings is 2. The molecule has 0 atom stereocenters. The van der Waals surface area contributed by atoms with E-state index >= 15 is 0 Å². The summed E-state index contributed by atoms with van der Waals surface area (Å²) in [6.07, 6.45) is 2.35. The fourth-order valence-electron chi connectivity index (χ4n) is 2.65. The van der Waals surface area contributed by atoms with Crippen molar-refractivity contribution in [2.75, 3.05) is 26.5 Å². The predicted octanol–water partition coefficient (Wildman–Crippen LogP) is 2.74. The molecule has 1 heterocycles. The van der Waals surface area contributed by atoms with Crippen molar-refractivity contribution in [3.63, 3.8) is 0 Å². The summed E-state index contributed by atoms with van der Waals surface area (Å²) in [4.78, 5) is 12.2. The molecule has 7 nitrogen and oxygen atoms in total. The van der Waals surface area contributed by atoms with Crippen LogP contribution in [0.15, 0.2) is 60.0 Å². The first-order valence-corrected chi connectivity index (χ1v) is 9.75. The Morgan fingerprint density at radius 2 is 1.89 bits per heavy atom. The maximum absolute atomic E-state index is 12.2. The summed E-state index contributed by atoms with van der Waals surface area (Å²) in [5, 5.41) is 11.7. The van der Waals surface area contributed by atoms with Crippen LogP contribution < -0.4 is 14.8 Å². The van der Waals surface area contributed by atoms with Gasteiger partial charge in [-0.05, 0) is 36.2 Å². The van der Waals surface area contributed by atoms with E-state index in [9.17, 15) is 4.79 Å². The summed E-state index contributed by atoms with van der Waals surface area (Å²) in [5.41, 5.74) is 2.03. The summed E-state index contributed by atoms with van der Waals surface area (Å²) in [6, 6.07) is 15.5. The minimum Gasteiger partial charge on any atom is -0.493 e. The first-order chi connectivity index (χ1) is 13.7. The minimum absolute atomic E-state index is 0.0481. The van der Waals surface area contributed by atoms with Gasteiger partial charge in [0.05, 0.1) is 20.0 Å². The Hall–Kier alpha value is -3.00. The third-order valence-electron chi connectivity index (χ3n) is 4.07. The van der Waals surface area contributed by atoms with Crippen LogP contribution >= 0.6 is 11.8 Å². The molecule has 0 aliphatic heterocycles. The average molecular weight is 398 g/mol. The second-order valence-electron chi connectivity index (χ2n) is 5.90. The molecule has 0 radical (unpaired) electrons. The van der Waals surface area contributed by atoms with Crippen LogP contribution in [-0.4, -0.2) is 47.2 Å². The van der Waals surface area contributed by atoms with Gasteiger partial charge in [0, 0.05) is 12.2 Å². The second kappa shape index (κ2) is 9.80. The number of thioether (sulfide) groups is 1. The van der Waals surface area contributed by atoms with Crippen LogP contribution in [0.3, 0.4) is 0 Å². The van der Waals surface area contributed by atoms with Crippen molar-refractivity contribution in [2.24, 2.45) is 0 Å². The Bertz CT molecular complexity index is 915. The van der Waals surface area contributed by atoms with E-state index in [0.717, 1.165) is 11.3 Å². The molecule has 3 rings (SSSR count). The number of amides is 1. The van der Waals surface area contributed by atoms with Crippen LogP contribution in [0.1, 0.15) is 5.56 Å². The lowest BCUT2D eigenvalue weighted by molar-refractivity contribution is -0.118. The van der Waals surface area contributed by atoms with E-state index in [-0.39, 0.29) is 11.7 Å². The Balaban J connectivity index is 1.48. The average Bonchev–Trinajstić information content (AvgIpc) is 3.21. The molecule has 2 aromatic carbocycles. The molecule has 0 fully saturated rings. The molecule has 0 aliphatic rings. The molecule has 8 heteroatoms. The summed E-state index contributed by atoms with van der Waals surface area (Å²) in [6.45, 7) is 0.542. The smallest absolute Gasteiger partial charge is 0.230 e. The Morgan fingerprint density at radius 3 is 2.64 bits per heavy atom.